The molecule has 4 nitrogen and oxygen atoms in total. The van der Waals surface area contributed by atoms with E-state index in [2.05, 4.69) is 10.3 Å². The largest absolute Gasteiger partial charge is 0.324 e. The summed E-state index contributed by atoms with van der Waals surface area (Å²) < 4.78 is 26.8. The lowest BCUT2D eigenvalue weighted by Gasteiger charge is -2.28. The van der Waals surface area contributed by atoms with Crippen LogP contribution in [-0.2, 0) is 0 Å². The fraction of sp³-hybridized carbons (Fsp3) is 0.385. The first-order valence-electron chi connectivity index (χ1n) is 6.38. The number of rotatable bonds is 1. The van der Waals surface area contributed by atoms with E-state index in [1.165, 1.54) is 23.5 Å². The van der Waals surface area contributed by atoms with Crippen molar-refractivity contribution in [2.75, 3.05) is 18.4 Å². The molecule has 0 spiro atoms. The molecule has 0 atom stereocenters. The number of amides is 2. The number of nitrogens with one attached hydrogen (secondary N) is 1. The van der Waals surface area contributed by atoms with Gasteiger partial charge in [0, 0.05) is 13.1 Å². The summed E-state index contributed by atoms with van der Waals surface area (Å²) in [6.07, 6.45) is -0.0683. The van der Waals surface area contributed by atoms with Gasteiger partial charge in [0.25, 0.3) is 0 Å². The molecule has 7 heteroatoms. The summed E-state index contributed by atoms with van der Waals surface area (Å²) in [5.74, 6) is -0.330. The average molecular weight is 297 g/mol. The number of anilines is 1. The number of carbonyl (C=O) groups excluding carboxylic acids is 1. The van der Waals surface area contributed by atoms with Crippen LogP contribution in [0.2, 0.25) is 0 Å². The molecule has 20 heavy (non-hydrogen) atoms. The average Bonchev–Trinajstić information content (AvgIpc) is 2.80. The summed E-state index contributed by atoms with van der Waals surface area (Å²) >= 11 is 1.22. The number of likely N-dealkylation sites (tertiary alicyclic amines) is 1. The van der Waals surface area contributed by atoms with E-state index >= 15 is 0 Å². The number of hydrogen-bond donors (Lipinski definition) is 1. The molecule has 0 bridgehead atoms. The second-order valence-electron chi connectivity index (χ2n) is 4.72. The van der Waals surface area contributed by atoms with E-state index in [1.54, 1.807) is 11.0 Å². The van der Waals surface area contributed by atoms with Crippen LogP contribution < -0.4 is 5.32 Å². The lowest BCUT2D eigenvalue weighted by molar-refractivity contribution is 0.162. The molecule has 1 aromatic carbocycles. The Morgan fingerprint density at radius 3 is 2.90 bits per heavy atom. The molecule has 1 fully saturated rings. The van der Waals surface area contributed by atoms with Gasteiger partial charge in [0.05, 0.1) is 10.2 Å². The standard InChI is InChI=1S/C13H13F2N3OS/c14-8-3-5-18(6-4-8)13(19)17-12-16-10-2-1-9(15)7-11(10)20-12/h1-2,7-8H,3-6H2,(H,16,17,19). The van der Waals surface area contributed by atoms with E-state index in [0.717, 1.165) is 0 Å². The Morgan fingerprint density at radius 1 is 1.40 bits per heavy atom. The second-order valence-corrected chi connectivity index (χ2v) is 5.75. The molecule has 1 N–H and O–H groups in total. The van der Waals surface area contributed by atoms with Crippen molar-refractivity contribution in [2.45, 2.75) is 19.0 Å². The van der Waals surface area contributed by atoms with Crippen molar-refractivity contribution in [1.82, 2.24) is 9.88 Å². The summed E-state index contributed by atoms with van der Waals surface area (Å²) in [5, 5.41) is 3.11. The van der Waals surface area contributed by atoms with Crippen LogP contribution in [0.25, 0.3) is 10.2 Å². The third-order valence-corrected chi connectivity index (χ3v) is 4.21. The smallest absolute Gasteiger partial charge is 0.323 e. The van der Waals surface area contributed by atoms with Crippen LogP contribution in [0.5, 0.6) is 0 Å². The topological polar surface area (TPSA) is 45.2 Å². The lowest BCUT2D eigenvalue weighted by atomic mass is 10.1. The zero-order valence-corrected chi connectivity index (χ0v) is 11.4. The Labute approximate surface area is 118 Å². The van der Waals surface area contributed by atoms with E-state index in [-0.39, 0.29) is 11.8 Å². The third kappa shape index (κ3) is 2.72. The molecule has 0 saturated carbocycles. The number of fused-ring (bicyclic) bond motifs is 1. The Balaban J connectivity index is 1.71. The first kappa shape index (κ1) is 13.2. The molecule has 0 unspecified atom stereocenters. The minimum atomic E-state index is -0.815. The van der Waals surface area contributed by atoms with Crippen molar-refractivity contribution in [3.8, 4) is 0 Å². The lowest BCUT2D eigenvalue weighted by Crippen LogP contribution is -2.41. The van der Waals surface area contributed by atoms with Crippen molar-refractivity contribution in [2.24, 2.45) is 0 Å². The van der Waals surface area contributed by atoms with Crippen LogP contribution in [-0.4, -0.2) is 35.2 Å². The first-order valence-corrected chi connectivity index (χ1v) is 7.19. The maximum absolute atomic E-state index is 13.1. The quantitative estimate of drug-likeness (QED) is 0.877. The maximum atomic E-state index is 13.1. The Bertz CT molecular complexity index is 638. The Morgan fingerprint density at radius 2 is 2.15 bits per heavy atom. The van der Waals surface area contributed by atoms with Crippen LogP contribution in [0.15, 0.2) is 18.2 Å². The van der Waals surface area contributed by atoms with E-state index in [1.807, 2.05) is 0 Å². The van der Waals surface area contributed by atoms with Crippen LogP contribution >= 0.6 is 11.3 Å². The van der Waals surface area contributed by atoms with Gasteiger partial charge in [-0.3, -0.25) is 5.32 Å². The van der Waals surface area contributed by atoms with Gasteiger partial charge in [0.2, 0.25) is 0 Å². The van der Waals surface area contributed by atoms with Crippen molar-refractivity contribution < 1.29 is 13.6 Å². The fourth-order valence-corrected chi connectivity index (χ4v) is 3.05. The Kier molecular flexibility index (Phi) is 3.52. The molecule has 1 aliphatic rings. The number of aromatic nitrogens is 1. The van der Waals surface area contributed by atoms with Gasteiger partial charge in [-0.25, -0.2) is 18.6 Å². The van der Waals surface area contributed by atoms with Gasteiger partial charge in [-0.15, -0.1) is 0 Å². The summed E-state index contributed by atoms with van der Waals surface area (Å²) in [7, 11) is 0. The SMILES string of the molecule is O=C(Nc1nc2ccc(F)cc2s1)N1CCC(F)CC1. The number of hydrogen-bond acceptors (Lipinski definition) is 3. The summed E-state index contributed by atoms with van der Waals surface area (Å²) in [6, 6.07) is 4.01. The van der Waals surface area contributed by atoms with E-state index < -0.39 is 6.17 Å². The molecule has 1 aliphatic heterocycles. The molecule has 0 radical (unpaired) electrons. The molecule has 3 rings (SSSR count). The zero-order chi connectivity index (χ0) is 14.1. The van der Waals surface area contributed by atoms with Crippen molar-refractivity contribution >= 4 is 32.7 Å². The maximum Gasteiger partial charge on any atom is 0.323 e. The van der Waals surface area contributed by atoms with E-state index in [0.29, 0.717) is 41.3 Å². The second kappa shape index (κ2) is 5.32. The number of alkyl halides is 1. The molecule has 2 amide bonds. The Hall–Kier alpha value is -1.76. The number of piperidine rings is 1. The molecule has 2 heterocycles. The summed E-state index contributed by atoms with van der Waals surface area (Å²) in [6.45, 7) is 0.818. The van der Waals surface area contributed by atoms with E-state index in [4.69, 9.17) is 0 Å². The monoisotopic (exact) mass is 297 g/mol. The minimum absolute atomic E-state index is 0.281. The van der Waals surface area contributed by atoms with Gasteiger partial charge in [-0.2, -0.15) is 0 Å². The summed E-state index contributed by atoms with van der Waals surface area (Å²) in [4.78, 5) is 17.8. The number of halogens is 2. The van der Waals surface area contributed by atoms with Gasteiger partial charge in [-0.05, 0) is 31.0 Å². The molecular weight excluding hydrogens is 284 g/mol. The molecule has 0 aliphatic carbocycles. The third-order valence-electron chi connectivity index (χ3n) is 3.28. The zero-order valence-electron chi connectivity index (χ0n) is 10.6. The van der Waals surface area contributed by atoms with Gasteiger partial charge < -0.3 is 4.90 Å². The first-order chi connectivity index (χ1) is 9.61. The van der Waals surface area contributed by atoms with Gasteiger partial charge in [0.15, 0.2) is 5.13 Å². The fourth-order valence-electron chi connectivity index (χ4n) is 2.17. The number of urea groups is 1. The molecule has 1 saturated heterocycles. The number of carbonyl (C=O) groups is 1. The predicted molar refractivity (Wildman–Crippen MR) is 74.3 cm³/mol. The molecule has 1 aromatic heterocycles. The van der Waals surface area contributed by atoms with Gasteiger partial charge in [0.1, 0.15) is 12.0 Å². The molecule has 106 valence electrons. The van der Waals surface area contributed by atoms with Crippen LogP contribution in [0, 0.1) is 5.82 Å². The molecular formula is C13H13F2N3OS. The number of nitrogens with zero attached hydrogens (tertiary/aromatic N) is 2. The van der Waals surface area contributed by atoms with Crippen LogP contribution in [0.4, 0.5) is 18.7 Å². The van der Waals surface area contributed by atoms with Crippen LogP contribution in [0.1, 0.15) is 12.8 Å². The highest BCUT2D eigenvalue weighted by Crippen LogP contribution is 2.27. The number of thiazole rings is 1. The highest BCUT2D eigenvalue weighted by molar-refractivity contribution is 7.22. The summed E-state index contributed by atoms with van der Waals surface area (Å²) in [5.41, 5.74) is 0.647. The van der Waals surface area contributed by atoms with Crippen LogP contribution in [0.3, 0.4) is 0 Å². The van der Waals surface area contributed by atoms with Crippen molar-refractivity contribution in [3.63, 3.8) is 0 Å². The molecule has 2 aromatic rings. The normalized spacial score (nSPS) is 16.6. The van der Waals surface area contributed by atoms with Gasteiger partial charge in [-0.1, -0.05) is 11.3 Å². The highest BCUT2D eigenvalue weighted by Gasteiger charge is 2.22. The minimum Gasteiger partial charge on any atom is -0.324 e. The highest BCUT2D eigenvalue weighted by atomic mass is 32.1. The van der Waals surface area contributed by atoms with Crippen molar-refractivity contribution in [1.29, 1.82) is 0 Å². The van der Waals surface area contributed by atoms with E-state index in [9.17, 15) is 13.6 Å². The van der Waals surface area contributed by atoms with Gasteiger partial charge >= 0.3 is 6.03 Å². The van der Waals surface area contributed by atoms with Crippen molar-refractivity contribution in [3.05, 3.63) is 24.0 Å². The predicted octanol–water partition coefficient (Wildman–Crippen LogP) is 3.40. The number of benzene rings is 1.